The molecule has 0 saturated carbocycles. The van der Waals surface area contributed by atoms with Crippen LogP contribution in [0, 0.1) is 16.7 Å². The van der Waals surface area contributed by atoms with E-state index >= 15 is 0 Å². The summed E-state index contributed by atoms with van der Waals surface area (Å²) < 4.78 is 0. The molecule has 0 rings (SSSR count). The molecule has 0 saturated heterocycles. The standard InChI is InChI=1S/C9H12ClN3O3/c1-9(2,5-11)6-12-16-8(15)13(3)7(14)4-10/h6H,4H2,1-3H3. The third-order valence-corrected chi connectivity index (χ3v) is 1.79. The summed E-state index contributed by atoms with van der Waals surface area (Å²) >= 11 is 5.24. The molecule has 6 nitrogen and oxygen atoms in total. The van der Waals surface area contributed by atoms with Gasteiger partial charge in [0.1, 0.15) is 5.88 Å². The van der Waals surface area contributed by atoms with Gasteiger partial charge in [0.15, 0.2) is 0 Å². The highest BCUT2D eigenvalue weighted by Crippen LogP contribution is 2.08. The Morgan fingerprint density at radius 2 is 2.19 bits per heavy atom. The monoisotopic (exact) mass is 245 g/mol. The van der Waals surface area contributed by atoms with Crippen molar-refractivity contribution in [3.63, 3.8) is 0 Å². The molecule has 0 atom stereocenters. The van der Waals surface area contributed by atoms with E-state index < -0.39 is 17.4 Å². The molecular weight excluding hydrogens is 234 g/mol. The number of carbonyl (C=O) groups excluding carboxylic acids is 2. The largest absolute Gasteiger partial charge is 0.442 e. The van der Waals surface area contributed by atoms with Crippen molar-refractivity contribution in [1.82, 2.24) is 4.90 Å². The first-order chi connectivity index (χ1) is 7.34. The van der Waals surface area contributed by atoms with E-state index in [-0.39, 0.29) is 5.88 Å². The first-order valence-electron chi connectivity index (χ1n) is 4.33. The summed E-state index contributed by atoms with van der Waals surface area (Å²) in [6.45, 7) is 3.19. The average Bonchev–Trinajstić information content (AvgIpc) is 2.26. The van der Waals surface area contributed by atoms with E-state index in [2.05, 4.69) is 9.99 Å². The van der Waals surface area contributed by atoms with Gasteiger partial charge in [-0.25, -0.2) is 9.69 Å². The molecule has 0 N–H and O–H groups in total. The number of oxime groups is 1. The van der Waals surface area contributed by atoms with E-state index in [9.17, 15) is 9.59 Å². The van der Waals surface area contributed by atoms with Crippen LogP contribution in [0.5, 0.6) is 0 Å². The zero-order valence-corrected chi connectivity index (χ0v) is 9.98. The van der Waals surface area contributed by atoms with Gasteiger partial charge in [-0.3, -0.25) is 9.63 Å². The summed E-state index contributed by atoms with van der Waals surface area (Å²) in [4.78, 5) is 27.2. The molecule has 0 aromatic rings. The molecule has 7 heteroatoms. The van der Waals surface area contributed by atoms with Crippen LogP contribution in [0.15, 0.2) is 5.16 Å². The average molecular weight is 246 g/mol. The third-order valence-electron chi connectivity index (χ3n) is 1.56. The van der Waals surface area contributed by atoms with Gasteiger partial charge in [-0.1, -0.05) is 5.16 Å². The van der Waals surface area contributed by atoms with Gasteiger partial charge in [-0.05, 0) is 13.8 Å². The zero-order chi connectivity index (χ0) is 12.8. The molecule has 0 unspecified atom stereocenters. The third kappa shape index (κ3) is 4.75. The highest BCUT2D eigenvalue weighted by molar-refractivity contribution is 6.28. The minimum absolute atomic E-state index is 0.320. The molecule has 0 radical (unpaired) electrons. The smallest absolute Gasteiger partial charge is 0.298 e. The number of alkyl halides is 1. The van der Waals surface area contributed by atoms with Gasteiger partial charge in [0, 0.05) is 7.05 Å². The van der Waals surface area contributed by atoms with Gasteiger partial charge in [0.25, 0.3) is 0 Å². The Morgan fingerprint density at radius 1 is 1.62 bits per heavy atom. The van der Waals surface area contributed by atoms with Crippen molar-refractivity contribution in [2.24, 2.45) is 10.6 Å². The molecule has 0 spiro atoms. The summed E-state index contributed by atoms with van der Waals surface area (Å²) in [6, 6.07) is 1.94. The lowest BCUT2D eigenvalue weighted by atomic mass is 9.98. The summed E-state index contributed by atoms with van der Waals surface area (Å²) in [5, 5.41) is 11.9. The number of nitriles is 1. The fourth-order valence-electron chi connectivity index (χ4n) is 0.485. The minimum Gasteiger partial charge on any atom is -0.298 e. The van der Waals surface area contributed by atoms with Crippen LogP contribution < -0.4 is 0 Å². The maximum atomic E-state index is 11.1. The van der Waals surface area contributed by atoms with Crippen LogP contribution in [-0.2, 0) is 9.63 Å². The number of amides is 2. The lowest BCUT2D eigenvalue weighted by Gasteiger charge is -2.11. The van der Waals surface area contributed by atoms with Crippen LogP contribution >= 0.6 is 11.6 Å². The number of nitrogens with zero attached hydrogens (tertiary/aromatic N) is 3. The number of hydrogen-bond donors (Lipinski definition) is 0. The van der Waals surface area contributed by atoms with Crippen LogP contribution in [0.2, 0.25) is 0 Å². The molecule has 16 heavy (non-hydrogen) atoms. The summed E-state index contributed by atoms with van der Waals surface area (Å²) in [7, 11) is 1.22. The first kappa shape index (κ1) is 14.4. The second-order valence-corrected chi connectivity index (χ2v) is 3.78. The van der Waals surface area contributed by atoms with Crippen molar-refractivity contribution in [3.8, 4) is 6.07 Å². The van der Waals surface area contributed by atoms with E-state index in [1.807, 2.05) is 6.07 Å². The van der Waals surface area contributed by atoms with E-state index in [1.165, 1.54) is 13.3 Å². The minimum atomic E-state index is -0.948. The normalized spacial score (nSPS) is 10.9. The van der Waals surface area contributed by atoms with E-state index in [0.717, 1.165) is 0 Å². The molecule has 2 amide bonds. The van der Waals surface area contributed by atoms with E-state index in [0.29, 0.717) is 4.90 Å². The van der Waals surface area contributed by atoms with Crippen molar-refractivity contribution in [1.29, 1.82) is 5.26 Å². The molecule has 0 aliphatic heterocycles. The molecule has 0 aromatic carbocycles. The van der Waals surface area contributed by atoms with Gasteiger partial charge in [0.2, 0.25) is 5.91 Å². The van der Waals surface area contributed by atoms with Crippen LogP contribution in [0.1, 0.15) is 13.8 Å². The molecule has 0 bridgehead atoms. The SMILES string of the molecule is CN(C(=O)CCl)C(=O)ON=CC(C)(C)C#N. The lowest BCUT2D eigenvalue weighted by molar-refractivity contribution is -0.125. The van der Waals surface area contributed by atoms with Gasteiger partial charge in [0.05, 0.1) is 17.7 Å². The lowest BCUT2D eigenvalue weighted by Crippen LogP contribution is -2.33. The van der Waals surface area contributed by atoms with E-state index in [1.54, 1.807) is 13.8 Å². The molecule has 0 aromatic heterocycles. The molecular formula is C9H12ClN3O3. The second kappa shape index (κ2) is 6.08. The molecule has 0 aliphatic carbocycles. The maximum Gasteiger partial charge on any atom is 0.442 e. The van der Waals surface area contributed by atoms with Crippen LogP contribution in [-0.4, -0.2) is 36.0 Å². The topological polar surface area (TPSA) is 82.8 Å². The van der Waals surface area contributed by atoms with Gasteiger partial charge >= 0.3 is 6.09 Å². The van der Waals surface area contributed by atoms with Gasteiger partial charge in [-0.15, -0.1) is 11.6 Å². The predicted octanol–water partition coefficient (Wildman–Crippen LogP) is 1.36. The Balaban J connectivity index is 4.29. The molecule has 0 aliphatic rings. The Hall–Kier alpha value is -1.61. The molecule has 88 valence electrons. The fourth-order valence-corrected chi connectivity index (χ4v) is 0.664. The zero-order valence-electron chi connectivity index (χ0n) is 9.23. The maximum absolute atomic E-state index is 11.1. The Morgan fingerprint density at radius 3 is 2.62 bits per heavy atom. The van der Waals surface area contributed by atoms with Crippen molar-refractivity contribution >= 4 is 29.8 Å². The number of carbonyl (C=O) groups is 2. The van der Waals surface area contributed by atoms with Gasteiger partial charge < -0.3 is 0 Å². The Bertz CT molecular complexity index is 346. The van der Waals surface area contributed by atoms with Crippen molar-refractivity contribution in [2.75, 3.05) is 12.9 Å². The van der Waals surface area contributed by atoms with Crippen molar-refractivity contribution in [3.05, 3.63) is 0 Å². The summed E-state index contributed by atoms with van der Waals surface area (Å²) in [5.74, 6) is -0.916. The highest BCUT2D eigenvalue weighted by Gasteiger charge is 2.18. The Labute approximate surface area is 98.4 Å². The summed E-state index contributed by atoms with van der Waals surface area (Å²) in [6.07, 6.45) is 0.222. The Kier molecular flexibility index (Phi) is 5.47. The van der Waals surface area contributed by atoms with Crippen LogP contribution in [0.25, 0.3) is 0 Å². The van der Waals surface area contributed by atoms with Crippen LogP contribution in [0.4, 0.5) is 4.79 Å². The van der Waals surface area contributed by atoms with Crippen LogP contribution in [0.3, 0.4) is 0 Å². The highest BCUT2D eigenvalue weighted by atomic mass is 35.5. The number of halogens is 1. The second-order valence-electron chi connectivity index (χ2n) is 3.51. The van der Waals surface area contributed by atoms with Gasteiger partial charge in [-0.2, -0.15) is 5.26 Å². The quantitative estimate of drug-likeness (QED) is 0.325. The molecule has 0 heterocycles. The van der Waals surface area contributed by atoms with E-state index in [4.69, 9.17) is 16.9 Å². The molecule has 0 fully saturated rings. The predicted molar refractivity (Wildman–Crippen MR) is 57.9 cm³/mol. The van der Waals surface area contributed by atoms with Crippen molar-refractivity contribution in [2.45, 2.75) is 13.8 Å². The van der Waals surface area contributed by atoms with Crippen molar-refractivity contribution < 1.29 is 14.4 Å². The first-order valence-corrected chi connectivity index (χ1v) is 4.87. The number of imide groups is 1. The number of rotatable bonds is 3. The summed E-state index contributed by atoms with van der Waals surface area (Å²) in [5.41, 5.74) is -0.838. The fraction of sp³-hybridized carbons (Fsp3) is 0.556. The number of hydrogen-bond acceptors (Lipinski definition) is 5.